The zero-order valence-corrected chi connectivity index (χ0v) is 20.1. The Morgan fingerprint density at radius 1 is 0.971 bits per heavy atom. The van der Waals surface area contributed by atoms with E-state index in [4.69, 9.17) is 0 Å². The third-order valence-electron chi connectivity index (χ3n) is 7.45. The number of carbonyl (C=O) groups excluding carboxylic acids is 1. The van der Waals surface area contributed by atoms with Gasteiger partial charge in [0.05, 0.1) is 17.6 Å². The molecule has 3 heteroatoms. The van der Waals surface area contributed by atoms with E-state index in [1.165, 1.54) is 30.4 Å². The minimum absolute atomic E-state index is 0.00868. The summed E-state index contributed by atoms with van der Waals surface area (Å²) in [6.45, 7) is 2.10. The first-order valence-electron chi connectivity index (χ1n) is 12.5. The molecule has 1 saturated carbocycles. The van der Waals surface area contributed by atoms with Crippen molar-refractivity contribution in [1.82, 2.24) is 0 Å². The first-order valence-corrected chi connectivity index (χ1v) is 12.5. The molecule has 0 heterocycles. The number of aryl methyl sites for hydroxylation is 1. The van der Waals surface area contributed by atoms with Crippen molar-refractivity contribution in [3.05, 3.63) is 113 Å². The Labute approximate surface area is 207 Å². The van der Waals surface area contributed by atoms with Gasteiger partial charge in [-0.15, -0.1) is 0 Å². The van der Waals surface area contributed by atoms with Crippen LogP contribution in [0.5, 0.6) is 0 Å². The molecule has 0 aliphatic heterocycles. The number of nitrogens with one attached hydrogen (secondary N) is 1. The second-order valence-corrected chi connectivity index (χ2v) is 9.73. The third-order valence-corrected chi connectivity index (χ3v) is 7.45. The van der Waals surface area contributed by atoms with Crippen molar-refractivity contribution in [2.24, 2.45) is 5.92 Å². The van der Waals surface area contributed by atoms with E-state index in [1.54, 1.807) is 0 Å². The fourth-order valence-corrected chi connectivity index (χ4v) is 5.14. The maximum Gasteiger partial charge on any atom is 0.231 e. The van der Waals surface area contributed by atoms with Crippen LogP contribution in [0.3, 0.4) is 0 Å². The number of hydrogen-bond donors (Lipinski definition) is 1. The fraction of sp³-hybridized carbons (Fsp3) is 0.250. The Morgan fingerprint density at radius 2 is 1.74 bits per heavy atom. The molecular formula is C32H30N2O. The molecule has 0 bridgehead atoms. The summed E-state index contributed by atoms with van der Waals surface area (Å²) < 4.78 is 0. The monoisotopic (exact) mass is 458 g/mol. The average Bonchev–Trinajstić information content (AvgIpc) is 2.85. The second kappa shape index (κ2) is 10.2. The first kappa shape index (κ1) is 22.9. The Morgan fingerprint density at radius 3 is 2.51 bits per heavy atom. The van der Waals surface area contributed by atoms with Gasteiger partial charge >= 0.3 is 0 Å². The van der Waals surface area contributed by atoms with Gasteiger partial charge in [-0.3, -0.25) is 4.79 Å². The van der Waals surface area contributed by atoms with E-state index in [9.17, 15) is 10.1 Å². The number of nitrogens with zero attached hydrogens (tertiary/aromatic N) is 1. The number of benzene rings is 4. The molecule has 1 unspecified atom stereocenters. The van der Waals surface area contributed by atoms with Crippen molar-refractivity contribution in [2.45, 2.75) is 44.9 Å². The lowest BCUT2D eigenvalue weighted by atomic mass is 9.76. The van der Waals surface area contributed by atoms with Gasteiger partial charge in [-0.1, -0.05) is 92.1 Å². The van der Waals surface area contributed by atoms with Gasteiger partial charge in [0.15, 0.2) is 0 Å². The molecular weight excluding hydrogens is 428 g/mol. The van der Waals surface area contributed by atoms with Crippen LogP contribution in [-0.4, -0.2) is 5.91 Å². The predicted molar refractivity (Wildman–Crippen MR) is 142 cm³/mol. The van der Waals surface area contributed by atoms with Crippen LogP contribution in [0.2, 0.25) is 0 Å². The van der Waals surface area contributed by atoms with Crippen LogP contribution in [-0.2, 0) is 11.2 Å². The molecule has 1 amide bonds. The van der Waals surface area contributed by atoms with Gasteiger partial charge in [0, 0.05) is 5.69 Å². The van der Waals surface area contributed by atoms with Gasteiger partial charge in [-0.25, -0.2) is 0 Å². The van der Waals surface area contributed by atoms with Gasteiger partial charge in [0.1, 0.15) is 0 Å². The minimum Gasteiger partial charge on any atom is -0.325 e. The van der Waals surface area contributed by atoms with E-state index in [0.29, 0.717) is 17.9 Å². The molecule has 0 aromatic heterocycles. The van der Waals surface area contributed by atoms with E-state index in [-0.39, 0.29) is 11.8 Å². The third kappa shape index (κ3) is 4.98. The van der Waals surface area contributed by atoms with Crippen LogP contribution in [0.4, 0.5) is 5.69 Å². The van der Waals surface area contributed by atoms with E-state index in [1.807, 2.05) is 42.5 Å². The number of rotatable bonds is 7. The fourth-order valence-electron chi connectivity index (χ4n) is 5.14. The predicted octanol–water partition coefficient (Wildman–Crippen LogP) is 7.52. The number of hydrogen-bond acceptors (Lipinski definition) is 2. The molecule has 4 aromatic carbocycles. The summed E-state index contributed by atoms with van der Waals surface area (Å²) in [6.07, 6.45) is 5.19. The van der Waals surface area contributed by atoms with Crippen molar-refractivity contribution >= 4 is 22.4 Å². The lowest BCUT2D eigenvalue weighted by molar-refractivity contribution is -0.118. The summed E-state index contributed by atoms with van der Waals surface area (Å²) in [6, 6.07) is 30.7. The Bertz CT molecular complexity index is 1410. The lowest BCUT2D eigenvalue weighted by Crippen LogP contribution is -2.26. The molecule has 3 nitrogen and oxygen atoms in total. The molecule has 1 aliphatic rings. The Hall–Kier alpha value is -3.90. The maximum absolute atomic E-state index is 13.9. The average molecular weight is 459 g/mol. The second-order valence-electron chi connectivity index (χ2n) is 9.73. The highest BCUT2D eigenvalue weighted by atomic mass is 16.1. The van der Waals surface area contributed by atoms with Gasteiger partial charge < -0.3 is 5.32 Å². The Balaban J connectivity index is 1.50. The number of carbonyl (C=O) groups is 1. The molecule has 1 fully saturated rings. The molecule has 0 radical (unpaired) electrons. The lowest BCUT2D eigenvalue weighted by Gasteiger charge is -2.30. The number of anilines is 1. The zero-order valence-electron chi connectivity index (χ0n) is 20.1. The number of nitriles is 1. The smallest absolute Gasteiger partial charge is 0.231 e. The normalized spacial score (nSPS) is 14.2. The zero-order chi connectivity index (χ0) is 24.2. The number of fused-ring (bicyclic) bond motifs is 1. The molecule has 1 aliphatic carbocycles. The van der Waals surface area contributed by atoms with Crippen LogP contribution in [0, 0.1) is 24.2 Å². The molecule has 1 atom stereocenters. The standard InChI is InChI=1S/C32H30N2O/c1-22-8-2-3-12-26(22)20-27-17-16-24(21-33)19-31(27)34-32(35)30(18-23-9-6-10-23)29-15-7-13-25-11-4-5-14-28(25)29/h2-5,7-8,11-17,19,23,30H,6,9-10,18,20H2,1H3,(H,34,35). The van der Waals surface area contributed by atoms with E-state index in [2.05, 4.69) is 60.8 Å². The van der Waals surface area contributed by atoms with Crippen molar-refractivity contribution in [3.8, 4) is 6.07 Å². The van der Waals surface area contributed by atoms with Crippen LogP contribution in [0.15, 0.2) is 84.9 Å². The molecule has 174 valence electrons. The van der Waals surface area contributed by atoms with Crippen molar-refractivity contribution in [1.29, 1.82) is 5.26 Å². The van der Waals surface area contributed by atoms with E-state index < -0.39 is 0 Å². The summed E-state index contributed by atoms with van der Waals surface area (Å²) in [5, 5.41) is 15.1. The van der Waals surface area contributed by atoms with E-state index in [0.717, 1.165) is 34.0 Å². The molecule has 0 saturated heterocycles. The summed E-state index contributed by atoms with van der Waals surface area (Å²) >= 11 is 0. The summed E-state index contributed by atoms with van der Waals surface area (Å²) in [5.41, 5.74) is 5.82. The summed E-state index contributed by atoms with van der Waals surface area (Å²) in [4.78, 5) is 13.9. The van der Waals surface area contributed by atoms with Crippen molar-refractivity contribution in [3.63, 3.8) is 0 Å². The summed E-state index contributed by atoms with van der Waals surface area (Å²) in [7, 11) is 0. The highest BCUT2D eigenvalue weighted by Gasteiger charge is 2.29. The molecule has 0 spiro atoms. The van der Waals surface area contributed by atoms with Gasteiger partial charge in [0.25, 0.3) is 0 Å². The number of amides is 1. The van der Waals surface area contributed by atoms with E-state index >= 15 is 0 Å². The van der Waals surface area contributed by atoms with Crippen LogP contribution in [0.25, 0.3) is 10.8 Å². The van der Waals surface area contributed by atoms with Gasteiger partial charge in [-0.2, -0.15) is 5.26 Å². The highest BCUT2D eigenvalue weighted by molar-refractivity contribution is 6.00. The van der Waals surface area contributed by atoms with Crippen molar-refractivity contribution in [2.75, 3.05) is 5.32 Å². The SMILES string of the molecule is Cc1ccccc1Cc1ccc(C#N)cc1NC(=O)C(CC1CCC1)c1cccc2ccccc12. The molecule has 1 N–H and O–H groups in total. The van der Waals surface area contributed by atoms with Crippen molar-refractivity contribution < 1.29 is 4.79 Å². The minimum atomic E-state index is -0.233. The molecule has 35 heavy (non-hydrogen) atoms. The summed E-state index contributed by atoms with van der Waals surface area (Å²) in [5.74, 6) is 0.361. The van der Waals surface area contributed by atoms with Gasteiger partial charge in [0.2, 0.25) is 5.91 Å². The Kier molecular flexibility index (Phi) is 6.64. The highest BCUT2D eigenvalue weighted by Crippen LogP contribution is 2.38. The molecule has 4 aromatic rings. The quantitative estimate of drug-likeness (QED) is 0.311. The topological polar surface area (TPSA) is 52.9 Å². The van der Waals surface area contributed by atoms with Crippen LogP contribution < -0.4 is 5.32 Å². The maximum atomic E-state index is 13.9. The largest absolute Gasteiger partial charge is 0.325 e. The first-order chi connectivity index (χ1) is 17.1. The van der Waals surface area contributed by atoms with Crippen LogP contribution in [0.1, 0.15) is 59.4 Å². The van der Waals surface area contributed by atoms with Gasteiger partial charge in [-0.05, 0) is 70.8 Å². The molecule has 5 rings (SSSR count). The van der Waals surface area contributed by atoms with Crippen LogP contribution >= 0.6 is 0 Å².